The molecule has 4 N–H and O–H groups in total. The summed E-state index contributed by atoms with van der Waals surface area (Å²) < 4.78 is 5.73. The zero-order valence-corrected chi connectivity index (χ0v) is 27.5. The molecule has 1 saturated carbocycles. The second-order valence-electron chi connectivity index (χ2n) is 12.6. The number of allylic oxidation sites excluding steroid dienone is 2. The first-order chi connectivity index (χ1) is 23.3. The topological polar surface area (TPSA) is 134 Å². The molecular formula is C39H47N3O6. The van der Waals surface area contributed by atoms with Crippen LogP contribution in [0.3, 0.4) is 0 Å². The van der Waals surface area contributed by atoms with Gasteiger partial charge < -0.3 is 25.8 Å². The van der Waals surface area contributed by atoms with Crippen molar-refractivity contribution in [2.75, 3.05) is 18.5 Å². The van der Waals surface area contributed by atoms with E-state index in [-0.39, 0.29) is 25.4 Å². The number of nitrogens with one attached hydrogen (secondary N) is 3. The van der Waals surface area contributed by atoms with E-state index in [2.05, 4.69) is 29.1 Å². The number of anilines is 1. The molecule has 3 aromatic carbocycles. The first-order valence-corrected chi connectivity index (χ1v) is 16.7. The molecule has 3 amide bonds. The second kappa shape index (κ2) is 18.0. The normalized spacial score (nSPS) is 15.4. The Kier molecular flexibility index (Phi) is 13.5. The number of hydrogen-bond acceptors (Lipinski definition) is 6. The standard InChI is InChI=1S/C39H47N3O6/c1-3-5-16-32(23-28-14-7-6-8-15-28)38(47)48-26-34(37(46)40-33-20-19-29-17-9-10-18-30(29)24-33)41-36(45)31(13-4-2)25-35(44)42-39(27-43)21-11-12-22-39/h3-4,6-10,14-15,17-20,24,31-32,34,43H,1-2,5,11-13,16,21-23,25-27H2,(H,40,46)(H,41,45)(H,42,44)/t31-,32-,34+/m1/s1. The fraction of sp³-hybridized carbons (Fsp3) is 0.385. The average molecular weight is 654 g/mol. The maximum Gasteiger partial charge on any atom is 0.309 e. The van der Waals surface area contributed by atoms with Crippen LogP contribution < -0.4 is 16.0 Å². The molecule has 3 atom stereocenters. The number of carbonyl (C=O) groups excluding carboxylic acids is 4. The van der Waals surface area contributed by atoms with Gasteiger partial charge in [-0.1, -0.05) is 85.7 Å². The van der Waals surface area contributed by atoms with E-state index >= 15 is 0 Å². The van der Waals surface area contributed by atoms with Crippen LogP contribution in [0, 0.1) is 11.8 Å². The molecule has 0 aliphatic heterocycles. The van der Waals surface area contributed by atoms with E-state index in [0.29, 0.717) is 37.8 Å². The fourth-order valence-corrected chi connectivity index (χ4v) is 6.20. The summed E-state index contributed by atoms with van der Waals surface area (Å²) in [6.07, 6.45) is 8.07. The van der Waals surface area contributed by atoms with Gasteiger partial charge in [-0.15, -0.1) is 13.2 Å². The predicted octanol–water partition coefficient (Wildman–Crippen LogP) is 5.64. The molecule has 1 fully saturated rings. The van der Waals surface area contributed by atoms with Gasteiger partial charge in [0, 0.05) is 12.1 Å². The average Bonchev–Trinajstić information content (AvgIpc) is 3.57. The molecule has 1 aliphatic carbocycles. The van der Waals surface area contributed by atoms with E-state index in [4.69, 9.17) is 4.74 Å². The maximum absolute atomic E-state index is 13.7. The molecule has 9 nitrogen and oxygen atoms in total. The quantitative estimate of drug-likeness (QED) is 0.104. The van der Waals surface area contributed by atoms with Gasteiger partial charge in [-0.2, -0.15) is 0 Å². The summed E-state index contributed by atoms with van der Waals surface area (Å²) in [4.78, 5) is 53.8. The minimum atomic E-state index is -1.24. The Morgan fingerprint density at radius 1 is 0.875 bits per heavy atom. The van der Waals surface area contributed by atoms with E-state index in [1.54, 1.807) is 18.2 Å². The highest BCUT2D eigenvalue weighted by atomic mass is 16.5. The lowest BCUT2D eigenvalue weighted by atomic mass is 9.95. The number of benzene rings is 3. The number of hydrogen-bond donors (Lipinski definition) is 4. The van der Waals surface area contributed by atoms with Gasteiger partial charge in [-0.25, -0.2) is 0 Å². The van der Waals surface area contributed by atoms with Crippen molar-refractivity contribution in [2.24, 2.45) is 11.8 Å². The first-order valence-electron chi connectivity index (χ1n) is 16.7. The van der Waals surface area contributed by atoms with Crippen molar-refractivity contribution in [2.45, 2.75) is 69.4 Å². The van der Waals surface area contributed by atoms with E-state index in [0.717, 1.165) is 29.2 Å². The molecule has 9 heteroatoms. The lowest BCUT2D eigenvalue weighted by molar-refractivity contribution is -0.150. The number of aliphatic hydroxyl groups is 1. The van der Waals surface area contributed by atoms with Crippen LogP contribution in [0.4, 0.5) is 5.69 Å². The van der Waals surface area contributed by atoms with Gasteiger partial charge in [0.15, 0.2) is 0 Å². The summed E-state index contributed by atoms with van der Waals surface area (Å²) in [6, 6.07) is 21.6. The summed E-state index contributed by atoms with van der Waals surface area (Å²) in [5.74, 6) is -3.25. The van der Waals surface area contributed by atoms with Gasteiger partial charge in [0.1, 0.15) is 12.6 Å². The van der Waals surface area contributed by atoms with Gasteiger partial charge in [0.25, 0.3) is 5.91 Å². The van der Waals surface area contributed by atoms with Crippen molar-refractivity contribution in [1.29, 1.82) is 0 Å². The lowest BCUT2D eigenvalue weighted by Crippen LogP contribution is -2.52. The SMILES string of the molecule is C=CCC[C@H](Cc1ccccc1)C(=O)OC[C@H](NC(=O)[C@H](CC=C)CC(=O)NC1(CO)CCCC1)C(=O)Nc1ccc2ccccc2c1. The predicted molar refractivity (Wildman–Crippen MR) is 188 cm³/mol. The highest BCUT2D eigenvalue weighted by Gasteiger charge is 2.36. The number of amides is 3. The first kappa shape index (κ1) is 36.1. The molecule has 4 rings (SSSR count). The Hall–Kier alpha value is -4.76. The van der Waals surface area contributed by atoms with Crippen LogP contribution in [-0.4, -0.2) is 53.6 Å². The van der Waals surface area contributed by atoms with Gasteiger partial charge in [-0.05, 0) is 67.0 Å². The number of ether oxygens (including phenoxy) is 1. The van der Waals surface area contributed by atoms with Crippen LogP contribution >= 0.6 is 0 Å². The Labute approximate surface area is 282 Å². The fourth-order valence-electron chi connectivity index (χ4n) is 6.20. The van der Waals surface area contributed by atoms with Crippen molar-refractivity contribution in [3.63, 3.8) is 0 Å². The third-order valence-electron chi connectivity index (χ3n) is 8.94. The molecule has 0 heterocycles. The lowest BCUT2D eigenvalue weighted by Gasteiger charge is -2.29. The van der Waals surface area contributed by atoms with Crippen LogP contribution in [0.2, 0.25) is 0 Å². The molecule has 0 radical (unpaired) electrons. The molecule has 0 unspecified atom stereocenters. The van der Waals surface area contributed by atoms with Gasteiger partial charge in [0.05, 0.1) is 24.0 Å². The largest absolute Gasteiger partial charge is 0.463 e. The smallest absolute Gasteiger partial charge is 0.309 e. The Morgan fingerprint density at radius 3 is 2.27 bits per heavy atom. The second-order valence-corrected chi connectivity index (χ2v) is 12.6. The van der Waals surface area contributed by atoms with E-state index in [9.17, 15) is 24.3 Å². The Balaban J connectivity index is 1.50. The Morgan fingerprint density at radius 2 is 1.58 bits per heavy atom. The summed E-state index contributed by atoms with van der Waals surface area (Å²) in [7, 11) is 0. The molecule has 0 saturated heterocycles. The third-order valence-corrected chi connectivity index (χ3v) is 8.94. The van der Waals surface area contributed by atoms with Gasteiger partial charge in [0.2, 0.25) is 11.8 Å². The van der Waals surface area contributed by atoms with E-state index in [1.807, 2.05) is 66.7 Å². The molecule has 3 aromatic rings. The number of fused-ring (bicyclic) bond motifs is 1. The van der Waals surface area contributed by atoms with Crippen LogP contribution in [0.15, 0.2) is 98.1 Å². The molecule has 0 bridgehead atoms. The summed E-state index contributed by atoms with van der Waals surface area (Å²) in [5.41, 5.74) is 0.823. The molecule has 0 aromatic heterocycles. The third kappa shape index (κ3) is 10.4. The minimum Gasteiger partial charge on any atom is -0.463 e. The maximum atomic E-state index is 13.7. The van der Waals surface area contributed by atoms with Crippen LogP contribution in [-0.2, 0) is 30.3 Å². The van der Waals surface area contributed by atoms with Crippen molar-refractivity contribution >= 4 is 40.2 Å². The number of esters is 1. The molecule has 48 heavy (non-hydrogen) atoms. The van der Waals surface area contributed by atoms with Gasteiger partial charge >= 0.3 is 5.97 Å². The molecular weight excluding hydrogens is 606 g/mol. The number of rotatable bonds is 18. The number of carbonyl (C=O) groups is 4. The molecule has 0 spiro atoms. The molecule has 254 valence electrons. The van der Waals surface area contributed by atoms with Crippen LogP contribution in [0.5, 0.6) is 0 Å². The van der Waals surface area contributed by atoms with Crippen molar-refractivity contribution in [3.8, 4) is 0 Å². The minimum absolute atomic E-state index is 0.154. The van der Waals surface area contributed by atoms with Crippen molar-refractivity contribution in [1.82, 2.24) is 10.6 Å². The van der Waals surface area contributed by atoms with E-state index in [1.165, 1.54) is 0 Å². The summed E-state index contributed by atoms with van der Waals surface area (Å²) in [5, 5.41) is 20.4. The zero-order valence-electron chi connectivity index (χ0n) is 27.5. The Bertz CT molecular complexity index is 1570. The highest BCUT2D eigenvalue weighted by molar-refractivity contribution is 5.99. The summed E-state index contributed by atoms with van der Waals surface area (Å²) in [6.45, 7) is 6.96. The monoisotopic (exact) mass is 653 g/mol. The molecule has 1 aliphatic rings. The zero-order chi connectivity index (χ0) is 34.4. The van der Waals surface area contributed by atoms with E-state index < -0.39 is 47.8 Å². The van der Waals surface area contributed by atoms with Crippen LogP contribution in [0.25, 0.3) is 10.8 Å². The van der Waals surface area contributed by atoms with Gasteiger partial charge in [-0.3, -0.25) is 19.2 Å². The van der Waals surface area contributed by atoms with Crippen molar-refractivity contribution in [3.05, 3.63) is 104 Å². The highest BCUT2D eigenvalue weighted by Crippen LogP contribution is 2.29. The van der Waals surface area contributed by atoms with Crippen molar-refractivity contribution < 1.29 is 29.0 Å². The number of aliphatic hydroxyl groups excluding tert-OH is 1. The van der Waals surface area contributed by atoms with Crippen LogP contribution in [0.1, 0.15) is 56.9 Å². The summed E-state index contributed by atoms with van der Waals surface area (Å²) >= 11 is 0.